The van der Waals surface area contributed by atoms with E-state index in [0.29, 0.717) is 0 Å². The largest absolute Gasteiger partial charge is 0.506 e. The van der Waals surface area contributed by atoms with Crippen molar-refractivity contribution in [2.24, 2.45) is 0 Å². The topological polar surface area (TPSA) is 93.4 Å². The zero-order chi connectivity index (χ0) is 43.6. The zero-order valence-corrected chi connectivity index (χ0v) is 37.3. The Morgan fingerprint density at radius 2 is 0.871 bits per heavy atom. The fourth-order valence-corrected chi connectivity index (χ4v) is 11.8. The number of halogens is 3. The molecule has 8 rings (SSSR count). The summed E-state index contributed by atoms with van der Waals surface area (Å²) < 4.78 is 66.5. The molecule has 0 spiro atoms. The van der Waals surface area contributed by atoms with E-state index >= 15 is 0 Å². The van der Waals surface area contributed by atoms with Gasteiger partial charge in [-0.1, -0.05) is 189 Å². The van der Waals surface area contributed by atoms with E-state index in [-0.39, 0.29) is 56.5 Å². The molecule has 0 atom stereocenters. The maximum absolute atomic E-state index is 13.8. The number of nitrogens with zero attached hydrogens (tertiary/aromatic N) is 1. The Hall–Kier alpha value is -5.47. The van der Waals surface area contributed by atoms with Gasteiger partial charge in [-0.15, -0.1) is 0 Å². The molecule has 0 fully saturated rings. The van der Waals surface area contributed by atoms with Crippen molar-refractivity contribution in [3.05, 3.63) is 234 Å². The molecule has 0 unspecified atom stereocenters. The van der Waals surface area contributed by atoms with Gasteiger partial charge in [0.2, 0.25) is 0 Å². The first-order chi connectivity index (χ1) is 29.3. The fraction of sp³-hybridized carbons (Fsp3) is 0.0400. The molecule has 8 aromatic rings. The quantitative estimate of drug-likeness (QED) is 0.121. The number of aromatic nitrogens is 1. The van der Waals surface area contributed by atoms with E-state index in [1.807, 2.05) is 159 Å². The predicted molar refractivity (Wildman–Crippen MR) is 242 cm³/mol. The number of hydrogen-bond donors (Lipinski definition) is 1. The van der Waals surface area contributed by atoms with Gasteiger partial charge < -0.3 is 14.2 Å². The summed E-state index contributed by atoms with van der Waals surface area (Å²) in [5.74, 6) is -3.34. The normalized spacial score (nSPS) is 11.2. The van der Waals surface area contributed by atoms with Gasteiger partial charge in [0.05, 0.1) is 5.52 Å². The van der Waals surface area contributed by atoms with Crippen molar-refractivity contribution in [3.63, 3.8) is 0 Å². The van der Waals surface area contributed by atoms with Gasteiger partial charge in [0.25, 0.3) is 11.3 Å². The Morgan fingerprint density at radius 3 is 1.23 bits per heavy atom. The summed E-state index contributed by atoms with van der Waals surface area (Å²) in [4.78, 5) is 24.2. The summed E-state index contributed by atoms with van der Waals surface area (Å²) in [6, 6.07) is 62.1. The van der Waals surface area contributed by atoms with Crippen molar-refractivity contribution in [2.45, 2.75) is 13.1 Å². The second kappa shape index (κ2) is 21.1. The number of fused-ring (bicyclic) bond motifs is 1. The van der Waals surface area contributed by atoms with Gasteiger partial charge in [0.15, 0.2) is 14.3 Å². The second-order valence-corrected chi connectivity index (χ2v) is 19.5. The van der Waals surface area contributed by atoms with Crippen LogP contribution in [0.1, 0.15) is 17.3 Å². The van der Waals surface area contributed by atoms with Crippen LogP contribution in [0.15, 0.2) is 223 Å². The number of alkyl halides is 3. The standard InChI is InChI=1S/C18H15OP.C17H10F3NO3.C15H15OP.Gd/c19-20(16-10-4-1-5-11-16,17-12-6-2-7-13-17)18-14-8-3-9-15-18;18-17(19,20)15(23)13-14(22)11-8-4-5-9-12(11)21(16(13)24)10-6-2-1-3-7-10;1-13(2)17(16,14-9-5-3-6-10-14)15-11-7-4-8-12-15;/h1-15H;1-9,22H;3-12H,1H2,2H3;. The molecular formula is C50H40F3GdNO5P2. The Labute approximate surface area is 389 Å². The van der Waals surface area contributed by atoms with Crippen molar-refractivity contribution >= 4 is 57.5 Å². The average Bonchev–Trinajstić information content (AvgIpc) is 3.30. The molecule has 12 heteroatoms. The number of rotatable bonds is 8. The number of Topliss-reactive ketones (excluding diaryl/α,β-unsaturated/α-hetero) is 1. The summed E-state index contributed by atoms with van der Waals surface area (Å²) >= 11 is 0. The molecule has 0 saturated heterocycles. The van der Waals surface area contributed by atoms with E-state index < -0.39 is 43.1 Å². The minimum atomic E-state index is -5.27. The molecular weight excluding hydrogens is 971 g/mol. The van der Waals surface area contributed by atoms with Crippen molar-refractivity contribution in [2.75, 3.05) is 0 Å². The van der Waals surface area contributed by atoms with Crippen LogP contribution in [0.5, 0.6) is 5.75 Å². The van der Waals surface area contributed by atoms with Crippen molar-refractivity contribution in [3.8, 4) is 11.4 Å². The summed E-state index contributed by atoms with van der Waals surface area (Å²) in [6.45, 7) is 5.75. The van der Waals surface area contributed by atoms with Crippen LogP contribution in [0.2, 0.25) is 0 Å². The van der Waals surface area contributed by atoms with Gasteiger partial charge >= 0.3 is 6.18 Å². The summed E-state index contributed by atoms with van der Waals surface area (Å²) in [6.07, 6.45) is -5.27. The minimum Gasteiger partial charge on any atom is -0.506 e. The van der Waals surface area contributed by atoms with E-state index in [0.717, 1.165) is 36.4 Å². The van der Waals surface area contributed by atoms with Crippen LogP contribution in [0.4, 0.5) is 13.2 Å². The Balaban J connectivity index is 0.000000177. The fourth-order valence-electron chi connectivity index (χ4n) is 6.73. The maximum atomic E-state index is 13.8. The first-order valence-corrected chi connectivity index (χ1v) is 22.4. The zero-order valence-electron chi connectivity index (χ0n) is 33.2. The number of benzene rings is 7. The third-order valence-corrected chi connectivity index (χ3v) is 15.9. The smallest absolute Gasteiger partial charge is 0.455 e. The Kier molecular flexibility index (Phi) is 16.2. The molecule has 0 amide bonds. The van der Waals surface area contributed by atoms with Crippen molar-refractivity contribution in [1.82, 2.24) is 4.57 Å². The average molecular weight is 1010 g/mol. The molecule has 6 nitrogen and oxygen atoms in total. The van der Waals surface area contributed by atoms with Gasteiger partial charge in [-0.2, -0.15) is 13.2 Å². The molecule has 314 valence electrons. The summed E-state index contributed by atoms with van der Waals surface area (Å²) in [5, 5.41) is 15.1. The molecule has 0 aliphatic carbocycles. The van der Waals surface area contributed by atoms with Crippen LogP contribution in [0.25, 0.3) is 16.6 Å². The van der Waals surface area contributed by atoms with Crippen LogP contribution in [-0.4, -0.2) is 21.6 Å². The molecule has 0 bridgehead atoms. The maximum Gasteiger partial charge on any atom is 0.455 e. The molecule has 1 N–H and O–H groups in total. The van der Waals surface area contributed by atoms with Crippen LogP contribution in [0, 0.1) is 39.9 Å². The SMILES string of the molecule is C=C(C)P(=O)(c1ccccc1)c1ccccc1.O=C(c1c(O)c2ccccc2n(-c2ccccc2)c1=O)C(F)(F)F.O=P(c1ccccc1)(c1ccccc1)c1ccccc1.[Gd]. The van der Waals surface area contributed by atoms with Crippen LogP contribution in [0.3, 0.4) is 0 Å². The molecule has 0 radical (unpaired) electrons. The first-order valence-electron chi connectivity index (χ1n) is 19.0. The van der Waals surface area contributed by atoms with E-state index in [4.69, 9.17) is 0 Å². The molecule has 62 heavy (non-hydrogen) atoms. The molecule has 1 heterocycles. The molecule has 0 aliphatic heterocycles. The van der Waals surface area contributed by atoms with Crippen molar-refractivity contribution in [1.29, 1.82) is 0 Å². The summed E-state index contributed by atoms with van der Waals surface area (Å²) in [5.41, 5.74) is -2.02. The van der Waals surface area contributed by atoms with Crippen LogP contribution in [-0.2, 0) is 9.13 Å². The second-order valence-electron chi connectivity index (χ2n) is 13.7. The van der Waals surface area contributed by atoms with E-state index in [2.05, 4.69) is 6.58 Å². The Bertz CT molecular complexity index is 2770. The molecule has 1 aromatic heterocycles. The van der Waals surface area contributed by atoms with Gasteiger partial charge in [0, 0.05) is 77.5 Å². The monoisotopic (exact) mass is 1010 g/mol. The predicted octanol–water partition coefficient (Wildman–Crippen LogP) is 10.3. The number of ketones is 1. The van der Waals surface area contributed by atoms with Crippen LogP contribution >= 0.6 is 14.3 Å². The summed E-state index contributed by atoms with van der Waals surface area (Å²) in [7, 11) is -5.47. The number of carbonyl (C=O) groups is 1. The molecule has 0 aliphatic rings. The number of carbonyl (C=O) groups excluding carboxylic acids is 1. The number of para-hydroxylation sites is 2. The van der Waals surface area contributed by atoms with Gasteiger partial charge in [0.1, 0.15) is 11.3 Å². The number of allylic oxidation sites excluding steroid dienone is 1. The van der Waals surface area contributed by atoms with Crippen LogP contribution < -0.4 is 32.1 Å². The third-order valence-electron chi connectivity index (χ3n) is 9.69. The van der Waals surface area contributed by atoms with E-state index in [1.54, 1.807) is 24.3 Å². The van der Waals surface area contributed by atoms with Gasteiger partial charge in [-0.25, -0.2) is 0 Å². The van der Waals surface area contributed by atoms with E-state index in [9.17, 15) is 37.0 Å². The Morgan fingerprint density at radius 1 is 0.548 bits per heavy atom. The third kappa shape index (κ3) is 10.2. The van der Waals surface area contributed by atoms with Crippen molar-refractivity contribution < 1.29 is 72.1 Å². The minimum absolute atomic E-state index is 0. The first kappa shape index (κ1) is 47.6. The number of hydrogen-bond acceptors (Lipinski definition) is 5. The number of aromatic hydroxyl groups is 1. The van der Waals surface area contributed by atoms with Gasteiger partial charge in [-0.3, -0.25) is 14.2 Å². The van der Waals surface area contributed by atoms with E-state index in [1.165, 1.54) is 30.3 Å². The molecule has 7 aromatic carbocycles. The number of pyridine rings is 1. The van der Waals surface area contributed by atoms with Gasteiger partial charge in [-0.05, 0) is 36.5 Å². The molecule has 0 saturated carbocycles.